The monoisotopic (exact) mass is 520 g/mol. The predicted octanol–water partition coefficient (Wildman–Crippen LogP) is 6.32. The number of nitrogens with one attached hydrogen (secondary N) is 1. The van der Waals surface area contributed by atoms with Gasteiger partial charge in [-0.25, -0.2) is 4.68 Å². The first kappa shape index (κ1) is 24.8. The summed E-state index contributed by atoms with van der Waals surface area (Å²) in [5.74, 6) is -0.0944. The second kappa shape index (κ2) is 9.04. The number of alkyl halides is 3. The minimum atomic E-state index is -4.56. The van der Waals surface area contributed by atoms with Crippen molar-refractivity contribution in [2.24, 2.45) is 0 Å². The van der Waals surface area contributed by atoms with Gasteiger partial charge in [-0.05, 0) is 48.2 Å². The van der Waals surface area contributed by atoms with Crippen LogP contribution in [-0.2, 0) is 11.6 Å². The first-order chi connectivity index (χ1) is 16.3. The molecule has 4 rings (SSSR count). The van der Waals surface area contributed by atoms with Gasteiger partial charge in [0, 0.05) is 17.1 Å². The van der Waals surface area contributed by atoms with Crippen molar-refractivity contribution >= 4 is 34.2 Å². The molecule has 7 nitrogen and oxygen atoms in total. The SMILES string of the molecule is Cc1c(-c2nsc(NC(=O)c3ccc(C(C)(C)C)cc3)n2)nnn1-c1ccc(C(F)(F)F)c(Cl)c1. The quantitative estimate of drug-likeness (QED) is 0.340. The van der Waals surface area contributed by atoms with Crippen LogP contribution in [0.15, 0.2) is 42.5 Å². The Kier molecular flexibility index (Phi) is 6.41. The molecule has 0 saturated heterocycles. The fourth-order valence-electron chi connectivity index (χ4n) is 3.31. The van der Waals surface area contributed by atoms with Crippen molar-refractivity contribution in [3.05, 3.63) is 69.9 Å². The summed E-state index contributed by atoms with van der Waals surface area (Å²) in [4.78, 5) is 16.9. The Morgan fingerprint density at radius 3 is 2.37 bits per heavy atom. The van der Waals surface area contributed by atoms with Crippen molar-refractivity contribution in [3.8, 4) is 17.2 Å². The van der Waals surface area contributed by atoms with Gasteiger partial charge >= 0.3 is 6.18 Å². The van der Waals surface area contributed by atoms with Crippen molar-refractivity contribution in [2.75, 3.05) is 5.32 Å². The van der Waals surface area contributed by atoms with Crippen LogP contribution in [0.5, 0.6) is 0 Å². The number of carbonyl (C=O) groups is 1. The van der Waals surface area contributed by atoms with Crippen LogP contribution in [0, 0.1) is 6.92 Å². The molecule has 0 fully saturated rings. The molecule has 12 heteroatoms. The molecule has 0 aliphatic carbocycles. The summed E-state index contributed by atoms with van der Waals surface area (Å²) in [7, 11) is 0. The molecule has 4 aromatic rings. The third-order valence-corrected chi connectivity index (χ3v) is 6.21. The van der Waals surface area contributed by atoms with Gasteiger partial charge in [0.1, 0.15) is 0 Å². The molecule has 0 spiro atoms. The molecule has 0 aliphatic rings. The zero-order chi connectivity index (χ0) is 25.5. The van der Waals surface area contributed by atoms with Crippen molar-refractivity contribution in [3.63, 3.8) is 0 Å². The van der Waals surface area contributed by atoms with Crippen molar-refractivity contribution < 1.29 is 18.0 Å². The van der Waals surface area contributed by atoms with E-state index in [1.54, 1.807) is 19.1 Å². The third-order valence-electron chi connectivity index (χ3n) is 5.27. The smallest absolute Gasteiger partial charge is 0.297 e. The zero-order valence-electron chi connectivity index (χ0n) is 19.1. The Morgan fingerprint density at radius 2 is 1.77 bits per heavy atom. The van der Waals surface area contributed by atoms with E-state index in [4.69, 9.17) is 11.6 Å². The Balaban J connectivity index is 1.53. The Hall–Kier alpha value is -3.31. The number of nitrogens with zero attached hydrogens (tertiary/aromatic N) is 5. The second-order valence-electron chi connectivity index (χ2n) is 8.80. The summed E-state index contributed by atoms with van der Waals surface area (Å²) in [6, 6.07) is 10.6. The predicted molar refractivity (Wildman–Crippen MR) is 128 cm³/mol. The molecule has 0 radical (unpaired) electrons. The van der Waals surface area contributed by atoms with E-state index in [0.717, 1.165) is 23.2 Å². The van der Waals surface area contributed by atoms with Crippen molar-refractivity contribution in [1.82, 2.24) is 24.4 Å². The summed E-state index contributed by atoms with van der Waals surface area (Å²) >= 11 is 6.81. The van der Waals surface area contributed by atoms with E-state index in [1.165, 1.54) is 16.8 Å². The second-order valence-corrected chi connectivity index (χ2v) is 9.96. The molecule has 2 heterocycles. The molecule has 1 amide bonds. The Morgan fingerprint density at radius 1 is 1.09 bits per heavy atom. The average molecular weight is 521 g/mol. The lowest BCUT2D eigenvalue weighted by Gasteiger charge is -2.18. The molecule has 0 atom stereocenters. The summed E-state index contributed by atoms with van der Waals surface area (Å²) in [6.07, 6.45) is -4.56. The summed E-state index contributed by atoms with van der Waals surface area (Å²) < 4.78 is 44.5. The molecule has 1 N–H and O–H groups in total. The van der Waals surface area contributed by atoms with E-state index in [2.05, 4.69) is 45.8 Å². The number of hydrogen-bond donors (Lipinski definition) is 1. The van der Waals surface area contributed by atoms with Gasteiger partial charge in [-0.1, -0.05) is 49.7 Å². The van der Waals surface area contributed by atoms with E-state index in [0.29, 0.717) is 22.6 Å². The highest BCUT2D eigenvalue weighted by Crippen LogP contribution is 2.36. The maximum absolute atomic E-state index is 13.0. The van der Waals surface area contributed by atoms with E-state index in [-0.39, 0.29) is 22.3 Å². The third kappa shape index (κ3) is 5.20. The van der Waals surface area contributed by atoms with E-state index in [9.17, 15) is 18.0 Å². The van der Waals surface area contributed by atoms with Gasteiger partial charge in [0.2, 0.25) is 5.13 Å². The van der Waals surface area contributed by atoms with Crippen molar-refractivity contribution in [2.45, 2.75) is 39.3 Å². The number of amides is 1. The maximum atomic E-state index is 13.0. The Labute approximate surface area is 208 Å². The highest BCUT2D eigenvalue weighted by atomic mass is 35.5. The molecule has 2 aromatic carbocycles. The standard InChI is InChI=1S/C23H20ClF3N6OS/c1-12-18(30-32-33(12)15-9-10-16(17(24)11-15)23(25,26)27)19-28-21(35-31-19)29-20(34)13-5-7-14(8-6-13)22(2,3)4/h5-11H,1-4H3,(H,28,29,31,34). The summed E-state index contributed by atoms with van der Waals surface area (Å²) in [5, 5.41) is 10.6. The summed E-state index contributed by atoms with van der Waals surface area (Å²) in [6.45, 7) is 7.95. The van der Waals surface area contributed by atoms with Crippen LogP contribution < -0.4 is 5.32 Å². The lowest BCUT2D eigenvalue weighted by molar-refractivity contribution is -0.137. The van der Waals surface area contributed by atoms with Gasteiger partial charge < -0.3 is 0 Å². The fraction of sp³-hybridized carbons (Fsp3) is 0.261. The first-order valence-electron chi connectivity index (χ1n) is 10.4. The summed E-state index contributed by atoms with van der Waals surface area (Å²) in [5.41, 5.74) is 1.76. The van der Waals surface area contributed by atoms with Crippen LogP contribution in [0.2, 0.25) is 5.02 Å². The fourth-order valence-corrected chi connectivity index (χ4v) is 4.16. The largest absolute Gasteiger partial charge is 0.417 e. The van der Waals surface area contributed by atoms with Crippen LogP contribution in [0.3, 0.4) is 0 Å². The molecule has 0 unspecified atom stereocenters. The lowest BCUT2D eigenvalue weighted by Crippen LogP contribution is -2.14. The van der Waals surface area contributed by atoms with Crippen molar-refractivity contribution in [1.29, 1.82) is 0 Å². The molecule has 2 aromatic heterocycles. The molecule has 0 bridgehead atoms. The number of anilines is 1. The van der Waals surface area contributed by atoms with Gasteiger partial charge in [0.25, 0.3) is 5.91 Å². The van der Waals surface area contributed by atoms with Crippen LogP contribution in [0.25, 0.3) is 17.2 Å². The molecule has 0 saturated carbocycles. The number of halogens is 4. The minimum absolute atomic E-state index is 0.0237. The van der Waals surface area contributed by atoms with Gasteiger partial charge in [0.05, 0.1) is 22.0 Å². The van der Waals surface area contributed by atoms with Crippen LogP contribution in [-0.4, -0.2) is 30.3 Å². The number of rotatable bonds is 4. The molecule has 0 aliphatic heterocycles. The average Bonchev–Trinajstić information content (AvgIpc) is 3.38. The number of hydrogen-bond acceptors (Lipinski definition) is 6. The van der Waals surface area contributed by atoms with E-state index in [1.807, 2.05) is 12.1 Å². The van der Waals surface area contributed by atoms with Gasteiger partial charge in [-0.3, -0.25) is 10.1 Å². The number of aromatic nitrogens is 5. The normalized spacial score (nSPS) is 12.1. The Bertz CT molecular complexity index is 1390. The van der Waals surface area contributed by atoms with E-state index >= 15 is 0 Å². The topological polar surface area (TPSA) is 85.6 Å². The minimum Gasteiger partial charge on any atom is -0.297 e. The van der Waals surface area contributed by atoms with Crippen LogP contribution in [0.4, 0.5) is 18.3 Å². The lowest BCUT2D eigenvalue weighted by atomic mass is 9.87. The first-order valence-corrected chi connectivity index (χ1v) is 11.5. The van der Waals surface area contributed by atoms with Gasteiger partial charge in [0.15, 0.2) is 11.5 Å². The molecule has 182 valence electrons. The molecule has 35 heavy (non-hydrogen) atoms. The maximum Gasteiger partial charge on any atom is 0.417 e. The van der Waals surface area contributed by atoms with Gasteiger partial charge in [-0.2, -0.15) is 22.5 Å². The molecular formula is C23H20ClF3N6OS. The van der Waals surface area contributed by atoms with Crippen LogP contribution >= 0.6 is 23.1 Å². The van der Waals surface area contributed by atoms with Gasteiger partial charge in [-0.15, -0.1) is 5.10 Å². The number of carbonyl (C=O) groups excluding carboxylic acids is 1. The number of benzene rings is 2. The highest BCUT2D eigenvalue weighted by Gasteiger charge is 2.33. The molecular weight excluding hydrogens is 501 g/mol. The zero-order valence-corrected chi connectivity index (χ0v) is 20.7. The van der Waals surface area contributed by atoms with E-state index < -0.39 is 16.8 Å². The highest BCUT2D eigenvalue weighted by molar-refractivity contribution is 7.10. The van der Waals surface area contributed by atoms with Crippen LogP contribution in [0.1, 0.15) is 48.0 Å².